The molecule has 47 heavy (non-hydrogen) atoms. The molecular formula is C35H29ClFN5O4S. The summed E-state index contributed by atoms with van der Waals surface area (Å²) >= 11 is 6.05. The quantitative estimate of drug-likeness (QED) is 0.139. The summed E-state index contributed by atoms with van der Waals surface area (Å²) in [5, 5.41) is 8.28. The molecule has 6 rings (SSSR count). The van der Waals surface area contributed by atoms with Gasteiger partial charge in [-0.05, 0) is 90.8 Å². The van der Waals surface area contributed by atoms with Gasteiger partial charge in [-0.1, -0.05) is 48.0 Å². The van der Waals surface area contributed by atoms with E-state index in [-0.39, 0.29) is 22.2 Å². The highest BCUT2D eigenvalue weighted by atomic mass is 35.5. The van der Waals surface area contributed by atoms with Crippen molar-refractivity contribution >= 4 is 27.3 Å². The summed E-state index contributed by atoms with van der Waals surface area (Å²) in [6, 6.07) is 30.6. The van der Waals surface area contributed by atoms with Gasteiger partial charge in [-0.2, -0.15) is 0 Å². The Labute approximate surface area is 276 Å². The molecule has 0 atom stereocenters. The van der Waals surface area contributed by atoms with E-state index in [2.05, 4.69) is 15.2 Å². The summed E-state index contributed by atoms with van der Waals surface area (Å²) in [6.45, 7) is 2.08. The third-order valence-electron chi connectivity index (χ3n) is 7.35. The number of hydrogen-bond donors (Lipinski definition) is 0. The maximum atomic E-state index is 14.7. The molecule has 2 heterocycles. The number of sulfonamides is 1. The van der Waals surface area contributed by atoms with E-state index in [1.54, 1.807) is 47.3 Å². The molecule has 0 saturated heterocycles. The highest BCUT2D eigenvalue weighted by Gasteiger charge is 2.31. The number of halogens is 2. The lowest BCUT2D eigenvalue weighted by Gasteiger charge is -2.26. The van der Waals surface area contributed by atoms with Gasteiger partial charge in [0, 0.05) is 5.69 Å². The van der Waals surface area contributed by atoms with Crippen molar-refractivity contribution in [2.75, 3.05) is 11.4 Å². The molecule has 2 aromatic heterocycles. The number of rotatable bonds is 11. The van der Waals surface area contributed by atoms with E-state index in [9.17, 15) is 12.8 Å². The fourth-order valence-electron chi connectivity index (χ4n) is 5.00. The van der Waals surface area contributed by atoms with Gasteiger partial charge in [0.2, 0.25) is 0 Å². The predicted molar refractivity (Wildman–Crippen MR) is 178 cm³/mol. The Kier molecular flexibility index (Phi) is 9.19. The molecule has 0 amide bonds. The third kappa shape index (κ3) is 7.11. The van der Waals surface area contributed by atoms with Crippen LogP contribution in [0.15, 0.2) is 120 Å². The number of aryl methyl sites for hydroxylation is 1. The molecule has 0 spiro atoms. The standard InChI is InChI=1S/C35H29ClFN5O4S/c1-24-7-6-8-27(39-24)21-41-23-38-40-35(41)22-42(28-13-15-30(16-14-28)46-29-9-4-3-5-10-29)47(43,44)34-20-26(12-18-33(34)45-2)25-11-17-32(37)31(36)19-25/h3-20,23H,21-22H2,1-2H3. The van der Waals surface area contributed by atoms with Gasteiger partial charge < -0.3 is 14.0 Å². The first kappa shape index (κ1) is 31.7. The van der Waals surface area contributed by atoms with Crippen LogP contribution in [-0.4, -0.2) is 35.3 Å². The lowest BCUT2D eigenvalue weighted by molar-refractivity contribution is 0.402. The number of para-hydroxylation sites is 1. The van der Waals surface area contributed by atoms with Crippen LogP contribution in [0.2, 0.25) is 5.02 Å². The second kappa shape index (κ2) is 13.6. The van der Waals surface area contributed by atoms with Crippen LogP contribution >= 0.6 is 11.6 Å². The normalized spacial score (nSPS) is 11.3. The van der Waals surface area contributed by atoms with Gasteiger partial charge in [-0.25, -0.2) is 12.8 Å². The van der Waals surface area contributed by atoms with Gasteiger partial charge in [0.1, 0.15) is 34.3 Å². The average molecular weight is 670 g/mol. The van der Waals surface area contributed by atoms with Crippen molar-refractivity contribution < 1.29 is 22.3 Å². The fourth-order valence-corrected chi connectivity index (χ4v) is 6.78. The molecule has 6 aromatic rings. The zero-order valence-corrected chi connectivity index (χ0v) is 27.0. The van der Waals surface area contributed by atoms with E-state index in [4.69, 9.17) is 21.1 Å². The van der Waals surface area contributed by atoms with E-state index >= 15 is 0 Å². The van der Waals surface area contributed by atoms with Gasteiger partial charge in [0.25, 0.3) is 10.0 Å². The lowest BCUT2D eigenvalue weighted by atomic mass is 10.1. The molecule has 0 aliphatic rings. The van der Waals surface area contributed by atoms with Gasteiger partial charge in [-0.3, -0.25) is 9.29 Å². The summed E-state index contributed by atoms with van der Waals surface area (Å²) in [5.41, 5.74) is 3.02. The maximum absolute atomic E-state index is 14.7. The molecule has 238 valence electrons. The topological polar surface area (TPSA) is 99.4 Å². The Morgan fingerprint density at radius 1 is 0.872 bits per heavy atom. The van der Waals surface area contributed by atoms with E-state index in [1.165, 1.54) is 35.7 Å². The third-order valence-corrected chi connectivity index (χ3v) is 9.43. The molecule has 4 aromatic carbocycles. The Balaban J connectivity index is 1.42. The van der Waals surface area contributed by atoms with Crippen molar-refractivity contribution in [2.24, 2.45) is 0 Å². The van der Waals surface area contributed by atoms with E-state index in [0.717, 1.165) is 11.4 Å². The summed E-state index contributed by atoms with van der Waals surface area (Å²) in [7, 11) is -2.93. The highest BCUT2D eigenvalue weighted by molar-refractivity contribution is 7.93. The van der Waals surface area contributed by atoms with Gasteiger partial charge in [0.05, 0.1) is 36.6 Å². The van der Waals surface area contributed by atoms with E-state index in [0.29, 0.717) is 40.7 Å². The number of pyridine rings is 1. The molecule has 0 aliphatic heterocycles. The first-order chi connectivity index (χ1) is 22.7. The molecule has 0 aliphatic carbocycles. The van der Waals surface area contributed by atoms with E-state index < -0.39 is 15.8 Å². The van der Waals surface area contributed by atoms with Crippen molar-refractivity contribution in [3.63, 3.8) is 0 Å². The Morgan fingerprint density at radius 2 is 1.60 bits per heavy atom. The summed E-state index contributed by atoms with van der Waals surface area (Å²) in [6.07, 6.45) is 1.54. The minimum atomic E-state index is -4.33. The van der Waals surface area contributed by atoms with Gasteiger partial charge >= 0.3 is 0 Å². The van der Waals surface area contributed by atoms with Crippen molar-refractivity contribution in [3.05, 3.63) is 144 Å². The van der Waals surface area contributed by atoms with Gasteiger partial charge in [-0.15, -0.1) is 10.2 Å². The number of nitrogens with zero attached hydrogens (tertiary/aromatic N) is 5. The Morgan fingerprint density at radius 3 is 2.32 bits per heavy atom. The molecular weight excluding hydrogens is 641 g/mol. The molecule has 0 fully saturated rings. The smallest absolute Gasteiger partial charge is 0.268 e. The fraction of sp³-hybridized carbons (Fsp3) is 0.114. The van der Waals surface area contributed by atoms with Crippen LogP contribution in [0.1, 0.15) is 17.2 Å². The van der Waals surface area contributed by atoms with Crippen LogP contribution < -0.4 is 13.8 Å². The van der Waals surface area contributed by atoms with Crippen LogP contribution in [0.5, 0.6) is 17.2 Å². The van der Waals surface area contributed by atoms with Crippen LogP contribution in [0.4, 0.5) is 10.1 Å². The molecule has 9 nitrogen and oxygen atoms in total. The zero-order valence-electron chi connectivity index (χ0n) is 25.4. The van der Waals surface area contributed by atoms with Crippen molar-refractivity contribution in [1.82, 2.24) is 19.7 Å². The first-order valence-electron chi connectivity index (χ1n) is 14.5. The number of ether oxygens (including phenoxy) is 2. The molecule has 0 bridgehead atoms. The van der Waals surface area contributed by atoms with Crippen LogP contribution in [0.25, 0.3) is 11.1 Å². The summed E-state index contributed by atoms with van der Waals surface area (Å²) in [4.78, 5) is 4.47. The Bertz CT molecular complexity index is 2130. The van der Waals surface area contributed by atoms with Crippen LogP contribution in [-0.2, 0) is 23.1 Å². The van der Waals surface area contributed by atoms with Crippen LogP contribution in [0, 0.1) is 12.7 Å². The zero-order chi connectivity index (χ0) is 33.0. The highest BCUT2D eigenvalue weighted by Crippen LogP contribution is 2.36. The minimum Gasteiger partial charge on any atom is -0.495 e. The summed E-state index contributed by atoms with van der Waals surface area (Å²) in [5.74, 6) is 1.11. The van der Waals surface area contributed by atoms with Crippen molar-refractivity contribution in [1.29, 1.82) is 0 Å². The largest absolute Gasteiger partial charge is 0.495 e. The molecule has 0 N–H and O–H groups in total. The second-order valence-corrected chi connectivity index (χ2v) is 12.8. The SMILES string of the molecule is COc1ccc(-c2ccc(F)c(Cl)c2)cc1S(=O)(=O)N(Cc1nncn1Cc1cccc(C)n1)c1ccc(Oc2ccccc2)cc1. The number of benzene rings is 4. The molecule has 0 saturated carbocycles. The maximum Gasteiger partial charge on any atom is 0.268 e. The Hall–Kier alpha value is -5.26. The number of aromatic nitrogens is 4. The first-order valence-corrected chi connectivity index (χ1v) is 16.3. The summed E-state index contributed by atoms with van der Waals surface area (Å²) < 4.78 is 57.8. The molecule has 0 unspecified atom stereocenters. The number of methoxy groups -OCH3 is 1. The number of anilines is 1. The predicted octanol–water partition coefficient (Wildman–Crippen LogP) is 7.69. The monoisotopic (exact) mass is 669 g/mol. The average Bonchev–Trinajstić information content (AvgIpc) is 3.51. The molecule has 0 radical (unpaired) electrons. The second-order valence-electron chi connectivity index (χ2n) is 10.6. The van der Waals surface area contributed by atoms with Crippen molar-refractivity contribution in [2.45, 2.75) is 24.9 Å². The minimum absolute atomic E-state index is 0.0791. The van der Waals surface area contributed by atoms with Crippen molar-refractivity contribution in [3.8, 4) is 28.4 Å². The molecule has 12 heteroatoms. The van der Waals surface area contributed by atoms with Crippen LogP contribution in [0.3, 0.4) is 0 Å². The van der Waals surface area contributed by atoms with Gasteiger partial charge in [0.15, 0.2) is 5.82 Å². The lowest BCUT2D eigenvalue weighted by Crippen LogP contribution is -2.32. The number of hydrogen-bond acceptors (Lipinski definition) is 7. The van der Waals surface area contributed by atoms with E-state index in [1.807, 2.05) is 55.5 Å².